The zero-order valence-electron chi connectivity index (χ0n) is 8.99. The van der Waals surface area contributed by atoms with Gasteiger partial charge < -0.3 is 14.2 Å². The van der Waals surface area contributed by atoms with Gasteiger partial charge in [0, 0.05) is 0 Å². The highest BCUT2D eigenvalue weighted by Crippen LogP contribution is 2.36. The molecule has 0 saturated carbocycles. The summed E-state index contributed by atoms with van der Waals surface area (Å²) in [5, 5.41) is 0. The van der Waals surface area contributed by atoms with Gasteiger partial charge in [0.25, 0.3) is 5.78 Å². The van der Waals surface area contributed by atoms with Gasteiger partial charge in [-0.15, -0.1) is 0 Å². The quantitative estimate of drug-likeness (QED) is 0.452. The van der Waals surface area contributed by atoms with Crippen LogP contribution in [0.25, 0.3) is 0 Å². The number of carbonyl (C=O) groups excluding carboxylic acids is 2. The summed E-state index contributed by atoms with van der Waals surface area (Å²) in [5.74, 6) is -2.98. The van der Waals surface area contributed by atoms with Gasteiger partial charge in [0.15, 0.2) is 11.6 Å². The summed E-state index contributed by atoms with van der Waals surface area (Å²) in [4.78, 5) is 22.7. The Hall–Kier alpha value is -2.11. The lowest BCUT2D eigenvalue weighted by atomic mass is 10.1. The predicted molar refractivity (Wildman–Crippen MR) is 53.5 cm³/mol. The number of esters is 1. The summed E-state index contributed by atoms with van der Waals surface area (Å²) >= 11 is 0. The molecule has 0 atom stereocenters. The molecule has 0 radical (unpaired) electrons. The van der Waals surface area contributed by atoms with E-state index in [2.05, 4.69) is 4.74 Å². The van der Waals surface area contributed by atoms with Crippen LogP contribution >= 0.6 is 0 Å². The summed E-state index contributed by atoms with van der Waals surface area (Å²) in [6.45, 7) is 1.50. The summed E-state index contributed by atoms with van der Waals surface area (Å²) < 4.78 is 28.1. The van der Waals surface area contributed by atoms with E-state index in [1.807, 2.05) is 0 Å². The normalized spacial score (nSPS) is 12.4. The topological polar surface area (TPSA) is 61.8 Å². The molecular formula is C11H9FO5. The SMILES string of the molecule is CCOC(=O)C(=O)c1ccc2c(c1F)OCO2. The summed E-state index contributed by atoms with van der Waals surface area (Å²) in [7, 11) is 0. The van der Waals surface area contributed by atoms with Crippen LogP contribution in [0.4, 0.5) is 4.39 Å². The molecule has 90 valence electrons. The average Bonchev–Trinajstić information content (AvgIpc) is 2.78. The zero-order valence-corrected chi connectivity index (χ0v) is 8.99. The van der Waals surface area contributed by atoms with Crippen LogP contribution in [0.1, 0.15) is 17.3 Å². The first-order valence-electron chi connectivity index (χ1n) is 4.94. The number of benzene rings is 1. The van der Waals surface area contributed by atoms with E-state index < -0.39 is 17.6 Å². The molecule has 1 aliphatic rings. The molecule has 5 nitrogen and oxygen atoms in total. The molecule has 0 saturated heterocycles. The van der Waals surface area contributed by atoms with E-state index in [1.54, 1.807) is 6.92 Å². The fraction of sp³-hybridized carbons (Fsp3) is 0.273. The van der Waals surface area contributed by atoms with E-state index in [9.17, 15) is 14.0 Å². The number of Topliss-reactive ketones (excluding diaryl/α,β-unsaturated/α-hetero) is 1. The second-order valence-corrected chi connectivity index (χ2v) is 3.21. The maximum Gasteiger partial charge on any atom is 0.379 e. The number of hydrogen-bond acceptors (Lipinski definition) is 5. The number of halogens is 1. The first kappa shape index (κ1) is 11.4. The molecule has 0 bridgehead atoms. The second kappa shape index (κ2) is 4.40. The highest BCUT2D eigenvalue weighted by molar-refractivity contribution is 6.40. The van der Waals surface area contributed by atoms with Gasteiger partial charge >= 0.3 is 5.97 Å². The van der Waals surface area contributed by atoms with Crippen molar-refractivity contribution in [3.05, 3.63) is 23.5 Å². The minimum atomic E-state index is -1.09. The standard InChI is InChI=1S/C11H9FO5/c1-2-15-11(14)9(13)6-3-4-7-10(8(6)12)17-5-16-7/h3-4H,2,5H2,1H3. The van der Waals surface area contributed by atoms with Gasteiger partial charge in [-0.3, -0.25) is 4.79 Å². The second-order valence-electron chi connectivity index (χ2n) is 3.21. The van der Waals surface area contributed by atoms with Crippen LogP contribution in [-0.2, 0) is 9.53 Å². The lowest BCUT2D eigenvalue weighted by Crippen LogP contribution is -2.18. The molecule has 1 aromatic rings. The largest absolute Gasteiger partial charge is 0.460 e. The molecule has 1 aliphatic heterocycles. The van der Waals surface area contributed by atoms with Gasteiger partial charge in [-0.25, -0.2) is 9.18 Å². The van der Waals surface area contributed by atoms with Crippen LogP contribution in [-0.4, -0.2) is 25.2 Å². The van der Waals surface area contributed by atoms with Crippen LogP contribution in [0.15, 0.2) is 12.1 Å². The van der Waals surface area contributed by atoms with E-state index in [0.29, 0.717) is 0 Å². The van der Waals surface area contributed by atoms with E-state index >= 15 is 0 Å². The number of fused-ring (bicyclic) bond motifs is 1. The van der Waals surface area contributed by atoms with E-state index in [0.717, 1.165) is 0 Å². The van der Waals surface area contributed by atoms with Gasteiger partial charge in [0.1, 0.15) is 0 Å². The molecule has 0 N–H and O–H groups in total. The van der Waals surface area contributed by atoms with Gasteiger partial charge in [-0.05, 0) is 19.1 Å². The Morgan fingerprint density at radius 1 is 1.41 bits per heavy atom. The predicted octanol–water partition coefficient (Wildman–Crippen LogP) is 1.30. The molecular weight excluding hydrogens is 231 g/mol. The zero-order chi connectivity index (χ0) is 12.4. The monoisotopic (exact) mass is 240 g/mol. The van der Waals surface area contributed by atoms with E-state index in [1.165, 1.54) is 12.1 Å². The lowest BCUT2D eigenvalue weighted by molar-refractivity contribution is -0.137. The number of rotatable bonds is 3. The average molecular weight is 240 g/mol. The van der Waals surface area contributed by atoms with Crippen molar-refractivity contribution in [3.8, 4) is 11.5 Å². The molecule has 1 aromatic carbocycles. The van der Waals surface area contributed by atoms with Crippen molar-refractivity contribution < 1.29 is 28.2 Å². The molecule has 0 aromatic heterocycles. The maximum atomic E-state index is 13.8. The fourth-order valence-electron chi connectivity index (χ4n) is 1.42. The molecule has 0 unspecified atom stereocenters. The summed E-state index contributed by atoms with van der Waals surface area (Å²) in [5.41, 5.74) is -0.382. The fourth-order valence-corrected chi connectivity index (χ4v) is 1.42. The molecule has 1 heterocycles. The molecule has 0 amide bonds. The Morgan fingerprint density at radius 2 is 2.18 bits per heavy atom. The van der Waals surface area contributed by atoms with Crippen LogP contribution < -0.4 is 9.47 Å². The third kappa shape index (κ3) is 1.93. The number of hydrogen-bond donors (Lipinski definition) is 0. The van der Waals surface area contributed by atoms with E-state index in [-0.39, 0.29) is 30.5 Å². The Labute approximate surface area is 96.1 Å². The van der Waals surface area contributed by atoms with Crippen molar-refractivity contribution in [2.24, 2.45) is 0 Å². The number of ketones is 1. The first-order valence-corrected chi connectivity index (χ1v) is 4.94. The van der Waals surface area contributed by atoms with Gasteiger partial charge in [0.05, 0.1) is 12.2 Å². The highest BCUT2D eigenvalue weighted by atomic mass is 19.1. The van der Waals surface area contributed by atoms with Crippen LogP contribution in [0, 0.1) is 5.82 Å². The van der Waals surface area contributed by atoms with Crippen molar-refractivity contribution in [1.29, 1.82) is 0 Å². The smallest absolute Gasteiger partial charge is 0.379 e. The minimum absolute atomic E-state index is 0.0523. The number of ether oxygens (including phenoxy) is 3. The maximum absolute atomic E-state index is 13.8. The molecule has 17 heavy (non-hydrogen) atoms. The molecule has 6 heteroatoms. The summed E-state index contributed by atoms with van der Waals surface area (Å²) in [6, 6.07) is 2.54. The van der Waals surface area contributed by atoms with Gasteiger partial charge in [-0.1, -0.05) is 0 Å². The van der Waals surface area contributed by atoms with Crippen LogP contribution in [0.2, 0.25) is 0 Å². The molecule has 2 rings (SSSR count). The van der Waals surface area contributed by atoms with Gasteiger partial charge in [0.2, 0.25) is 12.5 Å². The first-order chi connectivity index (χ1) is 8.15. The van der Waals surface area contributed by atoms with Crippen LogP contribution in [0.5, 0.6) is 11.5 Å². The lowest BCUT2D eigenvalue weighted by Gasteiger charge is -2.04. The number of carbonyl (C=O) groups is 2. The van der Waals surface area contributed by atoms with Gasteiger partial charge in [-0.2, -0.15) is 0 Å². The van der Waals surface area contributed by atoms with Crippen molar-refractivity contribution in [1.82, 2.24) is 0 Å². The van der Waals surface area contributed by atoms with Crippen molar-refractivity contribution in [3.63, 3.8) is 0 Å². The Bertz CT molecular complexity index is 483. The van der Waals surface area contributed by atoms with Crippen molar-refractivity contribution in [2.45, 2.75) is 6.92 Å². The molecule has 0 aliphatic carbocycles. The van der Waals surface area contributed by atoms with E-state index in [4.69, 9.17) is 9.47 Å². The molecule has 0 spiro atoms. The van der Waals surface area contributed by atoms with Crippen molar-refractivity contribution >= 4 is 11.8 Å². The van der Waals surface area contributed by atoms with Crippen molar-refractivity contribution in [2.75, 3.05) is 13.4 Å². The Kier molecular flexibility index (Phi) is 2.95. The summed E-state index contributed by atoms with van der Waals surface area (Å²) in [6.07, 6.45) is 0. The molecule has 0 fully saturated rings. The third-order valence-corrected chi connectivity index (χ3v) is 2.18. The minimum Gasteiger partial charge on any atom is -0.460 e. The van der Waals surface area contributed by atoms with Crippen LogP contribution in [0.3, 0.4) is 0 Å². The Balaban J connectivity index is 2.34. The third-order valence-electron chi connectivity index (χ3n) is 2.18. The Morgan fingerprint density at radius 3 is 2.88 bits per heavy atom. The highest BCUT2D eigenvalue weighted by Gasteiger charge is 2.27.